The summed E-state index contributed by atoms with van der Waals surface area (Å²) in [5.74, 6) is -0.208. The molecule has 0 spiro atoms. The van der Waals surface area contributed by atoms with Crippen LogP contribution >= 0.6 is 0 Å². The van der Waals surface area contributed by atoms with Gasteiger partial charge in [-0.25, -0.2) is 4.39 Å². The Bertz CT molecular complexity index is 225. The molecule has 1 heteroatoms. The second-order valence-electron chi connectivity index (χ2n) is 1.87. The van der Waals surface area contributed by atoms with Gasteiger partial charge in [-0.2, -0.15) is 0 Å². The lowest BCUT2D eigenvalue weighted by Gasteiger charge is -1.87. The molecule has 1 rings (SSSR count). The fourth-order valence-corrected chi connectivity index (χ4v) is 0.563. The van der Waals surface area contributed by atoms with Crippen LogP contribution in [0.15, 0.2) is 41.4 Å². The molecular weight excluding hydrogens is 115 g/mol. The van der Waals surface area contributed by atoms with Crippen LogP contribution in [-0.2, 0) is 0 Å². The van der Waals surface area contributed by atoms with E-state index in [-0.39, 0.29) is 5.83 Å². The van der Waals surface area contributed by atoms with Crippen molar-refractivity contribution in [2.45, 2.75) is 6.92 Å². The van der Waals surface area contributed by atoms with Gasteiger partial charge in [0.15, 0.2) is 0 Å². The Morgan fingerprint density at radius 2 is 2.33 bits per heavy atom. The highest BCUT2D eigenvalue weighted by Crippen LogP contribution is 2.09. The summed E-state index contributed by atoms with van der Waals surface area (Å²) in [5.41, 5.74) is 3.31. The zero-order chi connectivity index (χ0) is 6.69. The number of rotatable bonds is 0. The van der Waals surface area contributed by atoms with Gasteiger partial charge in [-0.05, 0) is 18.6 Å². The Balaban J connectivity index is 3.06. The third-order valence-electron chi connectivity index (χ3n) is 1.13. The minimum absolute atomic E-state index is 0.208. The van der Waals surface area contributed by atoms with Crippen molar-refractivity contribution in [1.82, 2.24) is 0 Å². The smallest absolute Gasteiger partial charge is 0.133 e. The van der Waals surface area contributed by atoms with E-state index in [1.54, 1.807) is 25.2 Å². The summed E-state index contributed by atoms with van der Waals surface area (Å²) in [6, 6.07) is 0. The molecule has 0 fully saturated rings. The van der Waals surface area contributed by atoms with Crippen molar-refractivity contribution in [2.24, 2.45) is 0 Å². The maximum absolute atomic E-state index is 12.5. The van der Waals surface area contributed by atoms with Crippen LogP contribution in [0.2, 0.25) is 0 Å². The Hall–Kier alpha value is -1.07. The minimum Gasteiger partial charge on any atom is -0.206 e. The predicted octanol–water partition coefficient (Wildman–Crippen LogP) is 2.51. The van der Waals surface area contributed by atoms with Gasteiger partial charge in [0, 0.05) is 6.08 Å². The van der Waals surface area contributed by atoms with Gasteiger partial charge in [0.25, 0.3) is 0 Å². The van der Waals surface area contributed by atoms with E-state index in [1.165, 1.54) is 6.08 Å². The lowest BCUT2D eigenvalue weighted by atomic mass is 10.2. The van der Waals surface area contributed by atoms with Gasteiger partial charge in [0.2, 0.25) is 0 Å². The van der Waals surface area contributed by atoms with Crippen LogP contribution in [-0.4, -0.2) is 0 Å². The van der Waals surface area contributed by atoms with Crippen molar-refractivity contribution in [2.75, 3.05) is 0 Å². The van der Waals surface area contributed by atoms with Crippen LogP contribution in [0, 0.1) is 0 Å². The molecule has 0 heterocycles. The molecule has 0 bridgehead atoms. The van der Waals surface area contributed by atoms with E-state index in [9.17, 15) is 4.39 Å². The number of hydrogen-bond donors (Lipinski definition) is 0. The van der Waals surface area contributed by atoms with E-state index >= 15 is 0 Å². The van der Waals surface area contributed by atoms with Crippen LogP contribution in [0.3, 0.4) is 0 Å². The Kier molecular flexibility index (Phi) is 1.66. The zero-order valence-corrected chi connectivity index (χ0v) is 5.19. The maximum atomic E-state index is 12.5. The first-order valence-corrected chi connectivity index (χ1v) is 2.76. The van der Waals surface area contributed by atoms with Gasteiger partial charge in [-0.1, -0.05) is 12.2 Å². The second kappa shape index (κ2) is 2.47. The molecule has 0 radical (unpaired) electrons. The molecule has 1 aliphatic rings. The van der Waals surface area contributed by atoms with E-state index in [1.807, 2.05) is 0 Å². The number of allylic oxidation sites excluding steroid dienone is 5. The van der Waals surface area contributed by atoms with Gasteiger partial charge < -0.3 is 0 Å². The van der Waals surface area contributed by atoms with Crippen molar-refractivity contribution in [1.29, 1.82) is 0 Å². The standard InChI is InChI=1S/C8H7F/c1-7-5-3-2-4-6-8(7)9/h2-3,5-6H,1H3. The maximum Gasteiger partial charge on any atom is 0.133 e. The van der Waals surface area contributed by atoms with Gasteiger partial charge in [0.05, 0.1) is 0 Å². The van der Waals surface area contributed by atoms with E-state index in [0.29, 0.717) is 5.57 Å². The molecule has 9 heavy (non-hydrogen) atoms. The van der Waals surface area contributed by atoms with E-state index in [0.717, 1.165) is 0 Å². The molecule has 0 saturated carbocycles. The molecule has 46 valence electrons. The third kappa shape index (κ3) is 1.41. The summed E-state index contributed by atoms with van der Waals surface area (Å²) >= 11 is 0. The van der Waals surface area contributed by atoms with Crippen molar-refractivity contribution in [3.8, 4) is 0 Å². The molecule has 0 aromatic rings. The van der Waals surface area contributed by atoms with Crippen molar-refractivity contribution >= 4 is 0 Å². The van der Waals surface area contributed by atoms with E-state index in [4.69, 9.17) is 0 Å². The summed E-state index contributed by atoms with van der Waals surface area (Å²) in [6.07, 6.45) is 6.48. The van der Waals surface area contributed by atoms with Gasteiger partial charge in [0.1, 0.15) is 5.83 Å². The zero-order valence-electron chi connectivity index (χ0n) is 5.19. The molecule has 1 aliphatic carbocycles. The molecule has 0 aromatic carbocycles. The molecular formula is C8H7F. The first-order valence-electron chi connectivity index (χ1n) is 2.76. The van der Waals surface area contributed by atoms with Crippen LogP contribution < -0.4 is 0 Å². The van der Waals surface area contributed by atoms with Gasteiger partial charge in [-0.15, -0.1) is 5.73 Å². The van der Waals surface area contributed by atoms with Crippen LogP contribution in [0.25, 0.3) is 0 Å². The van der Waals surface area contributed by atoms with Crippen LogP contribution in [0.5, 0.6) is 0 Å². The summed E-state index contributed by atoms with van der Waals surface area (Å²) in [5, 5.41) is 0. The van der Waals surface area contributed by atoms with Crippen molar-refractivity contribution in [3.63, 3.8) is 0 Å². The minimum atomic E-state index is -0.208. The Morgan fingerprint density at radius 3 is 3.11 bits per heavy atom. The summed E-state index contributed by atoms with van der Waals surface area (Å²) < 4.78 is 12.5. The van der Waals surface area contributed by atoms with Crippen molar-refractivity contribution in [3.05, 3.63) is 41.4 Å². The van der Waals surface area contributed by atoms with Crippen LogP contribution in [0.1, 0.15) is 6.92 Å². The third-order valence-corrected chi connectivity index (χ3v) is 1.13. The van der Waals surface area contributed by atoms with Gasteiger partial charge in [-0.3, -0.25) is 0 Å². The molecule has 0 unspecified atom stereocenters. The fourth-order valence-electron chi connectivity index (χ4n) is 0.563. The monoisotopic (exact) mass is 122 g/mol. The first kappa shape index (κ1) is 6.06. The Labute approximate surface area is 53.7 Å². The molecule has 0 aromatic heterocycles. The highest BCUT2D eigenvalue weighted by Gasteiger charge is 1.92. The highest BCUT2D eigenvalue weighted by atomic mass is 19.1. The van der Waals surface area contributed by atoms with E-state index in [2.05, 4.69) is 5.73 Å². The molecule has 0 saturated heterocycles. The average molecular weight is 122 g/mol. The molecule has 0 amide bonds. The molecule has 0 nitrogen and oxygen atoms in total. The van der Waals surface area contributed by atoms with E-state index < -0.39 is 0 Å². The highest BCUT2D eigenvalue weighted by molar-refractivity contribution is 5.31. The van der Waals surface area contributed by atoms with Crippen molar-refractivity contribution < 1.29 is 4.39 Å². The first-order chi connectivity index (χ1) is 4.30. The Morgan fingerprint density at radius 1 is 1.56 bits per heavy atom. The molecule has 0 atom stereocenters. The molecule has 0 aliphatic heterocycles. The predicted molar refractivity (Wildman–Crippen MR) is 35.6 cm³/mol. The SMILES string of the molecule is CC1=C(F)C=C=CC=C1. The largest absolute Gasteiger partial charge is 0.206 e. The quantitative estimate of drug-likeness (QED) is 0.433. The average Bonchev–Trinajstić information content (AvgIpc) is 1.99. The summed E-state index contributed by atoms with van der Waals surface area (Å²) in [7, 11) is 0. The topological polar surface area (TPSA) is 0 Å². The fraction of sp³-hybridized carbons (Fsp3) is 0.125. The van der Waals surface area contributed by atoms with Crippen LogP contribution in [0.4, 0.5) is 4.39 Å². The molecule has 0 N–H and O–H groups in total. The lowest BCUT2D eigenvalue weighted by Crippen LogP contribution is -1.70. The number of halogens is 1. The summed E-state index contributed by atoms with van der Waals surface area (Å²) in [6.45, 7) is 1.73. The summed E-state index contributed by atoms with van der Waals surface area (Å²) in [4.78, 5) is 0. The normalized spacial score (nSPS) is 16.7. The number of hydrogen-bond acceptors (Lipinski definition) is 0. The van der Waals surface area contributed by atoms with Gasteiger partial charge >= 0.3 is 0 Å². The lowest BCUT2D eigenvalue weighted by molar-refractivity contribution is 0.659. The second-order valence-corrected chi connectivity index (χ2v) is 1.87.